The number of nitrogens with one attached hydrogen (secondary N) is 1. The van der Waals surface area contributed by atoms with Gasteiger partial charge < -0.3 is 5.32 Å². The van der Waals surface area contributed by atoms with E-state index in [4.69, 9.17) is 0 Å². The van der Waals surface area contributed by atoms with E-state index < -0.39 is 0 Å². The first kappa shape index (κ1) is 14.6. The molecular weight excluding hydrogens is 298 g/mol. The molecule has 0 spiro atoms. The molecule has 0 unspecified atom stereocenters. The van der Waals surface area contributed by atoms with E-state index in [-0.39, 0.29) is 5.91 Å². The number of hydrogen-bond acceptors (Lipinski definition) is 5. The fourth-order valence-electron chi connectivity index (χ4n) is 2.44. The van der Waals surface area contributed by atoms with E-state index in [2.05, 4.69) is 20.4 Å². The summed E-state index contributed by atoms with van der Waals surface area (Å²) in [6.45, 7) is 5.93. The Morgan fingerprint density at radius 3 is 2.77 bits per heavy atom. The van der Waals surface area contributed by atoms with Crippen LogP contribution < -0.4 is 5.32 Å². The van der Waals surface area contributed by atoms with E-state index in [0.717, 1.165) is 33.7 Å². The fourth-order valence-corrected chi connectivity index (χ4v) is 3.59. The van der Waals surface area contributed by atoms with Crippen LogP contribution in [-0.2, 0) is 13.5 Å². The molecule has 0 aliphatic heterocycles. The average Bonchev–Trinajstić information content (AvgIpc) is 3.02. The van der Waals surface area contributed by atoms with Crippen LogP contribution in [0.2, 0.25) is 0 Å². The van der Waals surface area contributed by atoms with Gasteiger partial charge in [0.1, 0.15) is 10.7 Å². The van der Waals surface area contributed by atoms with Crippen molar-refractivity contribution in [2.45, 2.75) is 27.2 Å². The summed E-state index contributed by atoms with van der Waals surface area (Å²) in [7, 11) is 1.81. The van der Waals surface area contributed by atoms with Crippen LogP contribution >= 0.6 is 11.3 Å². The van der Waals surface area contributed by atoms with E-state index in [0.29, 0.717) is 10.6 Å². The highest BCUT2D eigenvalue weighted by Crippen LogP contribution is 2.31. The monoisotopic (exact) mass is 315 g/mol. The zero-order valence-electron chi connectivity index (χ0n) is 13.0. The van der Waals surface area contributed by atoms with Crippen molar-refractivity contribution in [3.05, 3.63) is 34.4 Å². The predicted octanol–water partition coefficient (Wildman–Crippen LogP) is 2.86. The van der Waals surface area contributed by atoms with Crippen LogP contribution in [0.15, 0.2) is 12.4 Å². The van der Waals surface area contributed by atoms with Gasteiger partial charge in [0.25, 0.3) is 5.91 Å². The molecule has 0 saturated carbocycles. The molecule has 1 amide bonds. The standard InChI is InChI=1S/C15H17N5OS/c1-5-11-17-9(3)12-8(2)13(22-15(12)19-11)14(21)18-10-6-16-20(4)7-10/h6-7H,5H2,1-4H3,(H,18,21). The van der Waals surface area contributed by atoms with Crippen LogP contribution in [0.25, 0.3) is 10.2 Å². The van der Waals surface area contributed by atoms with Crippen LogP contribution in [0, 0.1) is 13.8 Å². The van der Waals surface area contributed by atoms with Gasteiger partial charge in [0.15, 0.2) is 0 Å². The number of carbonyl (C=O) groups excluding carboxylic acids is 1. The maximum Gasteiger partial charge on any atom is 0.266 e. The van der Waals surface area contributed by atoms with Crippen molar-refractivity contribution in [3.63, 3.8) is 0 Å². The Kier molecular flexibility index (Phi) is 3.66. The lowest BCUT2D eigenvalue weighted by atomic mass is 10.1. The van der Waals surface area contributed by atoms with Gasteiger partial charge in [-0.25, -0.2) is 9.97 Å². The molecular formula is C15H17N5OS. The van der Waals surface area contributed by atoms with Crippen LogP contribution in [0.1, 0.15) is 33.7 Å². The van der Waals surface area contributed by atoms with Crippen LogP contribution in [-0.4, -0.2) is 25.7 Å². The second-order valence-corrected chi connectivity index (χ2v) is 6.17. The van der Waals surface area contributed by atoms with Crippen molar-refractivity contribution >= 4 is 33.1 Å². The molecule has 1 N–H and O–H groups in total. The molecule has 0 bridgehead atoms. The fraction of sp³-hybridized carbons (Fsp3) is 0.333. The van der Waals surface area contributed by atoms with Crippen molar-refractivity contribution in [3.8, 4) is 0 Å². The molecule has 0 aromatic carbocycles. The third-order valence-corrected chi connectivity index (χ3v) is 4.69. The van der Waals surface area contributed by atoms with E-state index in [1.165, 1.54) is 11.3 Å². The number of carbonyl (C=O) groups is 1. The lowest BCUT2D eigenvalue weighted by molar-refractivity contribution is 0.103. The number of amides is 1. The Labute approximate surface area is 132 Å². The molecule has 0 atom stereocenters. The number of rotatable bonds is 3. The van der Waals surface area contributed by atoms with Crippen molar-refractivity contribution in [1.82, 2.24) is 19.7 Å². The second kappa shape index (κ2) is 5.49. The number of aromatic nitrogens is 4. The normalized spacial score (nSPS) is 11.1. The topological polar surface area (TPSA) is 72.7 Å². The van der Waals surface area contributed by atoms with E-state index in [1.54, 1.807) is 17.1 Å². The molecule has 3 aromatic heterocycles. The number of nitrogens with zero attached hydrogens (tertiary/aromatic N) is 4. The molecule has 7 heteroatoms. The number of aryl methyl sites for hydroxylation is 4. The number of thiophene rings is 1. The van der Waals surface area contributed by atoms with Gasteiger partial charge in [-0.2, -0.15) is 5.10 Å². The molecule has 0 saturated heterocycles. The zero-order valence-corrected chi connectivity index (χ0v) is 13.8. The van der Waals surface area contributed by atoms with Gasteiger partial charge in [0.2, 0.25) is 0 Å². The average molecular weight is 315 g/mol. The van der Waals surface area contributed by atoms with Crippen molar-refractivity contribution < 1.29 is 4.79 Å². The summed E-state index contributed by atoms with van der Waals surface area (Å²) in [6, 6.07) is 0. The number of anilines is 1. The van der Waals surface area contributed by atoms with Crippen LogP contribution in [0.4, 0.5) is 5.69 Å². The second-order valence-electron chi connectivity index (χ2n) is 5.17. The predicted molar refractivity (Wildman–Crippen MR) is 87.4 cm³/mol. The zero-order chi connectivity index (χ0) is 15.9. The lowest BCUT2D eigenvalue weighted by Gasteiger charge is -2.02. The lowest BCUT2D eigenvalue weighted by Crippen LogP contribution is -2.10. The first-order valence-corrected chi connectivity index (χ1v) is 7.87. The molecule has 0 radical (unpaired) electrons. The summed E-state index contributed by atoms with van der Waals surface area (Å²) in [4.78, 5) is 23.1. The summed E-state index contributed by atoms with van der Waals surface area (Å²) in [5.41, 5.74) is 2.54. The van der Waals surface area contributed by atoms with Gasteiger partial charge in [0, 0.05) is 30.7 Å². The molecule has 6 nitrogen and oxygen atoms in total. The first-order chi connectivity index (χ1) is 10.5. The van der Waals surface area contributed by atoms with E-state index >= 15 is 0 Å². The summed E-state index contributed by atoms with van der Waals surface area (Å²) in [5.74, 6) is 0.677. The molecule has 22 heavy (non-hydrogen) atoms. The molecule has 3 rings (SSSR count). The highest BCUT2D eigenvalue weighted by atomic mass is 32.1. The highest BCUT2D eigenvalue weighted by Gasteiger charge is 2.19. The Morgan fingerprint density at radius 2 is 2.14 bits per heavy atom. The van der Waals surface area contributed by atoms with Crippen molar-refractivity contribution in [2.24, 2.45) is 7.05 Å². The third-order valence-electron chi connectivity index (χ3n) is 3.50. The third kappa shape index (κ3) is 2.48. The number of fused-ring (bicyclic) bond motifs is 1. The van der Waals surface area contributed by atoms with Crippen molar-refractivity contribution in [1.29, 1.82) is 0 Å². The van der Waals surface area contributed by atoms with Crippen molar-refractivity contribution in [2.75, 3.05) is 5.32 Å². The highest BCUT2D eigenvalue weighted by molar-refractivity contribution is 7.20. The smallest absolute Gasteiger partial charge is 0.266 e. The minimum atomic E-state index is -0.133. The summed E-state index contributed by atoms with van der Waals surface area (Å²) >= 11 is 1.41. The SMILES string of the molecule is CCc1nc(C)c2c(C)c(C(=O)Nc3cnn(C)c3)sc2n1. The molecule has 0 aliphatic rings. The molecule has 3 heterocycles. The van der Waals surface area contributed by atoms with E-state index in [9.17, 15) is 4.79 Å². The Hall–Kier alpha value is -2.28. The maximum absolute atomic E-state index is 12.5. The maximum atomic E-state index is 12.5. The molecule has 114 valence electrons. The molecule has 3 aromatic rings. The van der Waals surface area contributed by atoms with Gasteiger partial charge >= 0.3 is 0 Å². The van der Waals surface area contributed by atoms with Gasteiger partial charge in [0.05, 0.1) is 16.8 Å². The largest absolute Gasteiger partial charge is 0.319 e. The van der Waals surface area contributed by atoms with Gasteiger partial charge in [-0.05, 0) is 19.4 Å². The van der Waals surface area contributed by atoms with Gasteiger partial charge in [-0.3, -0.25) is 9.48 Å². The summed E-state index contributed by atoms with van der Waals surface area (Å²) < 4.78 is 1.65. The van der Waals surface area contributed by atoms with Gasteiger partial charge in [-0.15, -0.1) is 11.3 Å². The van der Waals surface area contributed by atoms with Crippen LogP contribution in [0.5, 0.6) is 0 Å². The van der Waals surface area contributed by atoms with E-state index in [1.807, 2.05) is 27.8 Å². The minimum Gasteiger partial charge on any atom is -0.319 e. The Bertz CT molecular complexity index is 864. The van der Waals surface area contributed by atoms with Crippen LogP contribution in [0.3, 0.4) is 0 Å². The first-order valence-electron chi connectivity index (χ1n) is 7.06. The quantitative estimate of drug-likeness (QED) is 0.806. The number of hydrogen-bond donors (Lipinski definition) is 1. The Balaban J connectivity index is 2.01. The minimum absolute atomic E-state index is 0.133. The Morgan fingerprint density at radius 1 is 1.36 bits per heavy atom. The summed E-state index contributed by atoms with van der Waals surface area (Å²) in [5, 5.41) is 7.90. The van der Waals surface area contributed by atoms with Gasteiger partial charge in [-0.1, -0.05) is 6.92 Å². The molecule has 0 fully saturated rings. The summed E-state index contributed by atoms with van der Waals surface area (Å²) in [6.07, 6.45) is 4.17. The molecule has 0 aliphatic carbocycles.